The molecule has 1 atom stereocenters. The van der Waals surface area contributed by atoms with Crippen LogP contribution < -0.4 is 0 Å². The largest absolute Gasteiger partial charge is 0.467 e. The molecule has 0 spiro atoms. The molecule has 0 fully saturated rings. The van der Waals surface area contributed by atoms with Crippen LogP contribution in [0.5, 0.6) is 0 Å². The fourth-order valence-corrected chi connectivity index (χ4v) is 1.08. The number of carbonyl (C=O) groups excluding carboxylic acids is 1. The lowest BCUT2D eigenvalue weighted by Crippen LogP contribution is -2.18. The Hall–Kier alpha value is -1.32. The van der Waals surface area contributed by atoms with Gasteiger partial charge in [0, 0.05) is 12.4 Å². The van der Waals surface area contributed by atoms with Gasteiger partial charge in [-0.3, -0.25) is 0 Å². The molecule has 1 rings (SSSR count). The maximum Gasteiger partial charge on any atom is 0.328 e. The predicted molar refractivity (Wildman–Crippen MR) is 43.7 cm³/mol. The zero-order valence-electron chi connectivity index (χ0n) is 7.44. The zero-order chi connectivity index (χ0) is 9.14. The van der Waals surface area contributed by atoms with Gasteiger partial charge in [-0.05, 0) is 13.8 Å². The van der Waals surface area contributed by atoms with Gasteiger partial charge in [0.25, 0.3) is 0 Å². The maximum absolute atomic E-state index is 11.1. The van der Waals surface area contributed by atoms with Crippen molar-refractivity contribution in [3.05, 3.63) is 18.2 Å². The second kappa shape index (κ2) is 3.38. The number of ether oxygens (including phenoxy) is 1. The summed E-state index contributed by atoms with van der Waals surface area (Å²) in [7, 11) is 1.38. The summed E-state index contributed by atoms with van der Waals surface area (Å²) in [6.45, 7) is 3.62. The molecule has 0 unspecified atom stereocenters. The summed E-state index contributed by atoms with van der Waals surface area (Å²) in [5.41, 5.74) is 0. The van der Waals surface area contributed by atoms with E-state index in [0.29, 0.717) is 0 Å². The van der Waals surface area contributed by atoms with Gasteiger partial charge in [0.15, 0.2) is 0 Å². The molecule has 0 aromatic carbocycles. The van der Waals surface area contributed by atoms with Crippen LogP contribution in [0.25, 0.3) is 0 Å². The van der Waals surface area contributed by atoms with E-state index < -0.39 is 0 Å². The van der Waals surface area contributed by atoms with E-state index in [1.807, 2.05) is 6.92 Å². The molecule has 0 bridgehead atoms. The van der Waals surface area contributed by atoms with E-state index in [-0.39, 0.29) is 12.0 Å². The van der Waals surface area contributed by atoms with Crippen LogP contribution >= 0.6 is 0 Å². The molecule has 0 aliphatic rings. The van der Waals surface area contributed by atoms with Crippen LogP contribution in [0.2, 0.25) is 0 Å². The predicted octanol–water partition coefficient (Wildman–Crippen LogP) is 0.926. The summed E-state index contributed by atoms with van der Waals surface area (Å²) < 4.78 is 6.37. The Morgan fingerprint density at radius 2 is 2.42 bits per heavy atom. The van der Waals surface area contributed by atoms with Crippen LogP contribution in [0, 0.1) is 6.92 Å². The first-order chi connectivity index (χ1) is 5.66. The number of methoxy groups -OCH3 is 1. The second-order valence-electron chi connectivity index (χ2n) is 2.58. The third kappa shape index (κ3) is 1.47. The molecular weight excluding hydrogens is 156 g/mol. The first kappa shape index (κ1) is 8.77. The van der Waals surface area contributed by atoms with Gasteiger partial charge >= 0.3 is 5.97 Å². The number of hydrogen-bond donors (Lipinski definition) is 0. The average Bonchev–Trinajstić information content (AvgIpc) is 2.48. The molecule has 12 heavy (non-hydrogen) atoms. The summed E-state index contributed by atoms with van der Waals surface area (Å²) in [5, 5.41) is 0. The van der Waals surface area contributed by atoms with Gasteiger partial charge in [-0.1, -0.05) is 0 Å². The first-order valence-electron chi connectivity index (χ1n) is 3.74. The topological polar surface area (TPSA) is 44.1 Å². The van der Waals surface area contributed by atoms with Crippen molar-refractivity contribution in [2.45, 2.75) is 19.9 Å². The molecule has 4 heteroatoms. The van der Waals surface area contributed by atoms with E-state index in [1.54, 1.807) is 23.9 Å². The van der Waals surface area contributed by atoms with Crippen LogP contribution in [0.1, 0.15) is 18.8 Å². The smallest absolute Gasteiger partial charge is 0.328 e. The first-order valence-corrected chi connectivity index (χ1v) is 3.74. The molecule has 1 aromatic heterocycles. The van der Waals surface area contributed by atoms with Gasteiger partial charge in [0.05, 0.1) is 7.11 Å². The summed E-state index contributed by atoms with van der Waals surface area (Å²) in [6, 6.07) is -0.294. The molecule has 0 amide bonds. The molecule has 0 aliphatic heterocycles. The maximum atomic E-state index is 11.1. The van der Waals surface area contributed by atoms with Crippen molar-refractivity contribution in [3.8, 4) is 0 Å². The van der Waals surface area contributed by atoms with Gasteiger partial charge in [0.2, 0.25) is 0 Å². The lowest BCUT2D eigenvalue weighted by molar-refractivity contribution is -0.144. The summed E-state index contributed by atoms with van der Waals surface area (Å²) in [5.74, 6) is 0.559. The average molecular weight is 168 g/mol. The Kier molecular flexibility index (Phi) is 2.47. The highest BCUT2D eigenvalue weighted by atomic mass is 16.5. The number of esters is 1. The minimum Gasteiger partial charge on any atom is -0.467 e. The summed E-state index contributed by atoms with van der Waals surface area (Å²) in [6.07, 6.45) is 3.42. The highest BCUT2D eigenvalue weighted by molar-refractivity contribution is 5.73. The van der Waals surface area contributed by atoms with Crippen molar-refractivity contribution in [2.24, 2.45) is 0 Å². The van der Waals surface area contributed by atoms with Gasteiger partial charge in [-0.15, -0.1) is 0 Å². The van der Waals surface area contributed by atoms with Crippen molar-refractivity contribution in [1.82, 2.24) is 9.55 Å². The van der Waals surface area contributed by atoms with Crippen LogP contribution in [0.15, 0.2) is 12.4 Å². The molecule has 66 valence electrons. The lowest BCUT2D eigenvalue weighted by Gasteiger charge is -2.11. The van der Waals surface area contributed by atoms with Crippen molar-refractivity contribution in [3.63, 3.8) is 0 Å². The SMILES string of the molecule is COC(=O)[C@H](C)n1ccnc1C. The van der Waals surface area contributed by atoms with Crippen molar-refractivity contribution in [1.29, 1.82) is 0 Å². The fraction of sp³-hybridized carbons (Fsp3) is 0.500. The minimum atomic E-state index is -0.294. The highest BCUT2D eigenvalue weighted by Crippen LogP contribution is 2.09. The summed E-state index contributed by atoms with van der Waals surface area (Å²) in [4.78, 5) is 15.1. The lowest BCUT2D eigenvalue weighted by atomic mass is 10.3. The molecular formula is C8H12N2O2. The highest BCUT2D eigenvalue weighted by Gasteiger charge is 2.15. The molecule has 0 saturated carbocycles. The molecule has 1 heterocycles. The minimum absolute atomic E-state index is 0.254. The Bertz CT molecular complexity index is 280. The number of carbonyl (C=O) groups is 1. The number of imidazole rings is 1. The van der Waals surface area contributed by atoms with Crippen molar-refractivity contribution < 1.29 is 9.53 Å². The molecule has 0 saturated heterocycles. The molecule has 1 aromatic rings. The number of rotatable bonds is 2. The number of aryl methyl sites for hydroxylation is 1. The molecule has 0 N–H and O–H groups in total. The Labute approximate surface area is 71.2 Å². The van der Waals surface area contributed by atoms with Crippen LogP contribution in [-0.2, 0) is 9.53 Å². The number of hydrogen-bond acceptors (Lipinski definition) is 3. The zero-order valence-corrected chi connectivity index (χ0v) is 7.44. The van der Waals surface area contributed by atoms with E-state index in [9.17, 15) is 4.79 Å². The summed E-state index contributed by atoms with van der Waals surface area (Å²) >= 11 is 0. The van der Waals surface area contributed by atoms with Crippen LogP contribution in [-0.4, -0.2) is 22.6 Å². The van der Waals surface area contributed by atoms with E-state index in [4.69, 9.17) is 0 Å². The van der Waals surface area contributed by atoms with Crippen LogP contribution in [0.3, 0.4) is 0 Å². The Balaban J connectivity index is 2.84. The normalized spacial score (nSPS) is 12.6. The third-order valence-corrected chi connectivity index (χ3v) is 1.82. The number of aromatic nitrogens is 2. The fourth-order valence-electron chi connectivity index (χ4n) is 1.08. The van der Waals surface area contributed by atoms with Gasteiger partial charge in [-0.2, -0.15) is 0 Å². The van der Waals surface area contributed by atoms with E-state index in [1.165, 1.54) is 7.11 Å². The van der Waals surface area contributed by atoms with Crippen LogP contribution in [0.4, 0.5) is 0 Å². The standard InChI is InChI=1S/C8H12N2O2/c1-6(8(11)12-3)10-5-4-9-7(10)2/h4-6H,1-3H3/t6-/m0/s1. The Morgan fingerprint density at radius 3 is 2.83 bits per heavy atom. The second-order valence-corrected chi connectivity index (χ2v) is 2.58. The molecule has 0 radical (unpaired) electrons. The van der Waals surface area contributed by atoms with E-state index >= 15 is 0 Å². The van der Waals surface area contributed by atoms with Gasteiger partial charge in [-0.25, -0.2) is 9.78 Å². The molecule has 0 aliphatic carbocycles. The van der Waals surface area contributed by atoms with E-state index in [2.05, 4.69) is 9.72 Å². The van der Waals surface area contributed by atoms with Gasteiger partial charge < -0.3 is 9.30 Å². The molecule has 4 nitrogen and oxygen atoms in total. The quantitative estimate of drug-likeness (QED) is 0.617. The van der Waals surface area contributed by atoms with Crippen molar-refractivity contribution in [2.75, 3.05) is 7.11 Å². The van der Waals surface area contributed by atoms with Crippen molar-refractivity contribution >= 4 is 5.97 Å². The Morgan fingerprint density at radius 1 is 1.75 bits per heavy atom. The van der Waals surface area contributed by atoms with Gasteiger partial charge in [0.1, 0.15) is 11.9 Å². The number of nitrogens with zero attached hydrogens (tertiary/aromatic N) is 2. The van der Waals surface area contributed by atoms with E-state index in [0.717, 1.165) is 5.82 Å². The monoisotopic (exact) mass is 168 g/mol. The third-order valence-electron chi connectivity index (χ3n) is 1.82.